The minimum Gasteiger partial charge on any atom is -0.467 e. The number of nitrogens with zero attached hydrogens (tertiary/aromatic N) is 4. The summed E-state index contributed by atoms with van der Waals surface area (Å²) < 4.78 is 13.3. The van der Waals surface area contributed by atoms with Gasteiger partial charge in [0, 0.05) is 31.2 Å². The predicted molar refractivity (Wildman–Crippen MR) is 90.3 cm³/mol. The van der Waals surface area contributed by atoms with Crippen LogP contribution in [0.15, 0.2) is 40.7 Å². The molecule has 0 radical (unpaired) electrons. The fourth-order valence-corrected chi connectivity index (χ4v) is 3.66. The number of aryl methyl sites for hydroxylation is 1. The average molecular weight is 344 g/mol. The van der Waals surface area contributed by atoms with Gasteiger partial charge in [-0.3, -0.25) is 4.90 Å². The average Bonchev–Trinajstić information content (AvgIpc) is 3.31. The largest absolute Gasteiger partial charge is 0.467 e. The number of aromatic nitrogens is 3. The minimum atomic E-state index is 0.474. The van der Waals surface area contributed by atoms with Gasteiger partial charge in [0.1, 0.15) is 17.4 Å². The van der Waals surface area contributed by atoms with Crippen LogP contribution in [0.3, 0.4) is 0 Å². The molecule has 0 spiro atoms. The molecule has 0 fully saturated rings. The van der Waals surface area contributed by atoms with Crippen LogP contribution in [0.2, 0.25) is 0 Å². The topological polar surface area (TPSA) is 56.3 Å². The molecule has 1 aliphatic rings. The van der Waals surface area contributed by atoms with Gasteiger partial charge in [-0.25, -0.2) is 9.97 Å². The molecule has 3 aromatic heterocycles. The molecule has 4 heterocycles. The van der Waals surface area contributed by atoms with Crippen LogP contribution in [0, 0.1) is 0 Å². The second kappa shape index (κ2) is 7.29. The Bertz CT molecular complexity index is 752. The molecule has 0 atom stereocenters. The Labute approximate surface area is 144 Å². The van der Waals surface area contributed by atoms with Gasteiger partial charge in [-0.15, -0.1) is 11.3 Å². The van der Waals surface area contributed by atoms with Gasteiger partial charge in [0.25, 0.3) is 0 Å². The smallest absolute Gasteiger partial charge is 0.129 e. The maximum absolute atomic E-state index is 5.77. The second-order valence-electron chi connectivity index (χ2n) is 5.89. The van der Waals surface area contributed by atoms with E-state index in [1.54, 1.807) is 17.6 Å². The molecule has 3 aromatic rings. The Kier molecular flexibility index (Phi) is 4.73. The van der Waals surface area contributed by atoms with Gasteiger partial charge in [0.2, 0.25) is 0 Å². The highest BCUT2D eigenvalue weighted by Crippen LogP contribution is 2.20. The van der Waals surface area contributed by atoms with Crippen molar-refractivity contribution in [1.29, 1.82) is 0 Å². The molecule has 0 N–H and O–H groups in total. The first-order valence-electron chi connectivity index (χ1n) is 8.12. The van der Waals surface area contributed by atoms with Crippen LogP contribution in [0.5, 0.6) is 0 Å². The van der Waals surface area contributed by atoms with Crippen molar-refractivity contribution in [2.24, 2.45) is 0 Å². The van der Waals surface area contributed by atoms with Crippen molar-refractivity contribution in [2.75, 3.05) is 6.54 Å². The molecule has 1 aliphatic heterocycles. The quantitative estimate of drug-likeness (QED) is 0.688. The van der Waals surface area contributed by atoms with E-state index < -0.39 is 0 Å². The van der Waals surface area contributed by atoms with Crippen molar-refractivity contribution in [3.63, 3.8) is 0 Å². The number of hydrogen-bond acceptors (Lipinski definition) is 6. The van der Waals surface area contributed by atoms with Crippen molar-refractivity contribution in [3.8, 4) is 0 Å². The molecule has 0 saturated heterocycles. The SMILES string of the molecule is c1coc(COCc2ncn3c2CN(Cc2nccs2)CCC3)c1. The summed E-state index contributed by atoms with van der Waals surface area (Å²) in [5, 5.41) is 3.20. The Balaban J connectivity index is 1.41. The molecular formula is C17H20N4O2S. The molecule has 0 aliphatic carbocycles. The van der Waals surface area contributed by atoms with Crippen molar-refractivity contribution in [1.82, 2.24) is 19.4 Å². The lowest BCUT2D eigenvalue weighted by atomic mass is 10.3. The third kappa shape index (κ3) is 3.58. The predicted octanol–water partition coefficient (Wildman–Crippen LogP) is 3.06. The zero-order chi connectivity index (χ0) is 16.2. The van der Waals surface area contributed by atoms with Gasteiger partial charge in [-0.1, -0.05) is 0 Å². The number of imidazole rings is 1. The molecule has 24 heavy (non-hydrogen) atoms. The summed E-state index contributed by atoms with van der Waals surface area (Å²) in [6.07, 6.45) is 6.60. The van der Waals surface area contributed by atoms with Gasteiger partial charge < -0.3 is 13.7 Å². The number of ether oxygens (including phenoxy) is 1. The summed E-state index contributed by atoms with van der Waals surface area (Å²) in [7, 11) is 0. The van der Waals surface area contributed by atoms with Crippen molar-refractivity contribution < 1.29 is 9.15 Å². The molecule has 0 aromatic carbocycles. The molecule has 126 valence electrons. The monoisotopic (exact) mass is 344 g/mol. The van der Waals surface area contributed by atoms with E-state index in [0.717, 1.165) is 44.1 Å². The Morgan fingerprint density at radius 2 is 2.25 bits per heavy atom. The third-order valence-corrected chi connectivity index (χ3v) is 4.95. The first-order chi connectivity index (χ1) is 11.9. The lowest BCUT2D eigenvalue weighted by Crippen LogP contribution is -2.23. The summed E-state index contributed by atoms with van der Waals surface area (Å²) in [6.45, 7) is 4.85. The lowest BCUT2D eigenvalue weighted by molar-refractivity contribution is 0.0897. The highest BCUT2D eigenvalue weighted by molar-refractivity contribution is 7.09. The normalized spacial score (nSPS) is 15.3. The summed E-state index contributed by atoms with van der Waals surface area (Å²) in [6, 6.07) is 3.79. The molecule has 4 rings (SSSR count). The lowest BCUT2D eigenvalue weighted by Gasteiger charge is -2.18. The molecule has 0 amide bonds. The molecule has 0 unspecified atom stereocenters. The maximum Gasteiger partial charge on any atom is 0.129 e. The highest BCUT2D eigenvalue weighted by atomic mass is 32.1. The van der Waals surface area contributed by atoms with Crippen LogP contribution in [-0.4, -0.2) is 26.0 Å². The molecule has 0 bridgehead atoms. The van der Waals surface area contributed by atoms with Gasteiger partial charge in [-0.2, -0.15) is 0 Å². The van der Waals surface area contributed by atoms with E-state index >= 15 is 0 Å². The number of fused-ring (bicyclic) bond motifs is 1. The zero-order valence-corrected chi connectivity index (χ0v) is 14.2. The number of hydrogen-bond donors (Lipinski definition) is 0. The van der Waals surface area contributed by atoms with E-state index in [2.05, 4.69) is 19.4 Å². The summed E-state index contributed by atoms with van der Waals surface area (Å²) in [5.41, 5.74) is 2.27. The van der Waals surface area contributed by atoms with Crippen LogP contribution < -0.4 is 0 Å². The van der Waals surface area contributed by atoms with E-state index in [0.29, 0.717) is 13.2 Å². The van der Waals surface area contributed by atoms with E-state index in [-0.39, 0.29) is 0 Å². The van der Waals surface area contributed by atoms with E-state index in [9.17, 15) is 0 Å². The number of rotatable bonds is 6. The zero-order valence-electron chi connectivity index (χ0n) is 13.4. The minimum absolute atomic E-state index is 0.474. The summed E-state index contributed by atoms with van der Waals surface area (Å²) in [4.78, 5) is 11.4. The van der Waals surface area contributed by atoms with Crippen LogP contribution in [-0.2, 0) is 37.6 Å². The third-order valence-electron chi connectivity index (χ3n) is 4.19. The summed E-state index contributed by atoms with van der Waals surface area (Å²) >= 11 is 1.71. The maximum atomic E-state index is 5.77. The van der Waals surface area contributed by atoms with E-state index in [1.165, 1.54) is 10.7 Å². The van der Waals surface area contributed by atoms with Crippen molar-refractivity contribution in [2.45, 2.75) is 39.3 Å². The van der Waals surface area contributed by atoms with Crippen molar-refractivity contribution in [3.05, 3.63) is 58.5 Å². The Morgan fingerprint density at radius 3 is 3.08 bits per heavy atom. The molecular weight excluding hydrogens is 324 g/mol. The first kappa shape index (κ1) is 15.6. The molecule has 6 nitrogen and oxygen atoms in total. The molecule has 7 heteroatoms. The van der Waals surface area contributed by atoms with Crippen molar-refractivity contribution >= 4 is 11.3 Å². The van der Waals surface area contributed by atoms with Crippen LogP contribution in [0.1, 0.15) is 28.6 Å². The standard InChI is InChI=1S/C17H20N4O2S/c1-3-14(23-7-1)11-22-12-15-16-9-20(10-17-18-4-8-24-17)5-2-6-21(16)13-19-15/h1,3-4,7-8,13H,2,5-6,9-12H2. The Hall–Kier alpha value is -1.96. The van der Waals surface area contributed by atoms with Crippen LogP contribution in [0.4, 0.5) is 0 Å². The van der Waals surface area contributed by atoms with Gasteiger partial charge in [0.15, 0.2) is 0 Å². The second-order valence-corrected chi connectivity index (χ2v) is 6.87. The first-order valence-corrected chi connectivity index (χ1v) is 9.00. The molecule has 0 saturated carbocycles. The Morgan fingerprint density at radius 1 is 1.25 bits per heavy atom. The van der Waals surface area contributed by atoms with Gasteiger partial charge in [-0.05, 0) is 18.6 Å². The van der Waals surface area contributed by atoms with Crippen LogP contribution >= 0.6 is 11.3 Å². The van der Waals surface area contributed by atoms with E-state index in [1.807, 2.05) is 30.0 Å². The summed E-state index contributed by atoms with van der Waals surface area (Å²) in [5.74, 6) is 0.839. The fraction of sp³-hybridized carbons (Fsp3) is 0.412. The fourth-order valence-electron chi connectivity index (χ4n) is 3.00. The van der Waals surface area contributed by atoms with Crippen LogP contribution in [0.25, 0.3) is 0 Å². The van der Waals surface area contributed by atoms with Gasteiger partial charge in [0.05, 0.1) is 37.1 Å². The highest BCUT2D eigenvalue weighted by Gasteiger charge is 2.19. The van der Waals surface area contributed by atoms with E-state index in [4.69, 9.17) is 9.15 Å². The number of thiazole rings is 1. The number of furan rings is 1. The van der Waals surface area contributed by atoms with Gasteiger partial charge >= 0.3 is 0 Å².